The van der Waals surface area contributed by atoms with Crippen LogP contribution in [0.15, 0.2) is 0 Å². The Balaban J connectivity index is 2.11. The van der Waals surface area contributed by atoms with E-state index in [9.17, 15) is 9.59 Å². The SMILES string of the molecule is CCOC(=O)c1nc(NCC2(C)CCCC2)sc1C(C)=O. The van der Waals surface area contributed by atoms with Crippen LogP contribution >= 0.6 is 11.3 Å². The molecule has 1 fully saturated rings. The number of nitrogens with one attached hydrogen (secondary N) is 1. The Labute approximate surface area is 129 Å². The number of carbonyl (C=O) groups is 2. The Morgan fingerprint density at radius 3 is 2.62 bits per heavy atom. The number of thiazole rings is 1. The van der Waals surface area contributed by atoms with Gasteiger partial charge in [0.05, 0.1) is 6.61 Å². The van der Waals surface area contributed by atoms with E-state index >= 15 is 0 Å². The van der Waals surface area contributed by atoms with Crippen LogP contribution in [0.3, 0.4) is 0 Å². The first-order valence-electron chi connectivity index (χ1n) is 7.38. The zero-order valence-electron chi connectivity index (χ0n) is 12.8. The fourth-order valence-corrected chi connectivity index (χ4v) is 3.51. The third-order valence-electron chi connectivity index (χ3n) is 3.89. The van der Waals surface area contributed by atoms with Gasteiger partial charge in [0.15, 0.2) is 16.6 Å². The average Bonchev–Trinajstić information content (AvgIpc) is 3.04. The van der Waals surface area contributed by atoms with Crippen LogP contribution in [0.25, 0.3) is 0 Å². The summed E-state index contributed by atoms with van der Waals surface area (Å²) in [4.78, 5) is 28.1. The number of carbonyl (C=O) groups excluding carboxylic acids is 2. The van der Waals surface area contributed by atoms with Crippen molar-refractivity contribution in [1.82, 2.24) is 4.98 Å². The van der Waals surface area contributed by atoms with E-state index < -0.39 is 5.97 Å². The Morgan fingerprint density at radius 2 is 2.05 bits per heavy atom. The smallest absolute Gasteiger partial charge is 0.358 e. The second-order valence-electron chi connectivity index (χ2n) is 5.84. The Morgan fingerprint density at radius 1 is 1.38 bits per heavy atom. The molecule has 1 aromatic heterocycles. The molecule has 0 radical (unpaired) electrons. The first-order chi connectivity index (χ1) is 9.95. The zero-order chi connectivity index (χ0) is 15.5. The molecule has 0 saturated heterocycles. The number of aromatic nitrogens is 1. The summed E-state index contributed by atoms with van der Waals surface area (Å²) in [6.07, 6.45) is 4.94. The number of hydrogen-bond donors (Lipinski definition) is 1. The van der Waals surface area contributed by atoms with Crippen LogP contribution in [-0.4, -0.2) is 29.9 Å². The van der Waals surface area contributed by atoms with E-state index in [-0.39, 0.29) is 23.5 Å². The van der Waals surface area contributed by atoms with Crippen molar-refractivity contribution in [2.45, 2.75) is 46.5 Å². The van der Waals surface area contributed by atoms with Gasteiger partial charge in [-0.05, 0) is 25.2 Å². The second kappa shape index (κ2) is 6.56. The first-order valence-corrected chi connectivity index (χ1v) is 8.19. The summed E-state index contributed by atoms with van der Waals surface area (Å²) in [6.45, 7) is 6.53. The van der Waals surface area contributed by atoms with Crippen molar-refractivity contribution in [1.29, 1.82) is 0 Å². The highest BCUT2D eigenvalue weighted by molar-refractivity contribution is 7.17. The summed E-state index contributed by atoms with van der Waals surface area (Å²) < 4.78 is 4.96. The maximum absolute atomic E-state index is 11.8. The lowest BCUT2D eigenvalue weighted by Crippen LogP contribution is -2.22. The van der Waals surface area contributed by atoms with E-state index in [0.717, 1.165) is 6.54 Å². The molecule has 21 heavy (non-hydrogen) atoms. The molecule has 1 aliphatic carbocycles. The van der Waals surface area contributed by atoms with E-state index in [0.29, 0.717) is 10.0 Å². The summed E-state index contributed by atoms with van der Waals surface area (Å²) in [5, 5.41) is 3.91. The highest BCUT2D eigenvalue weighted by Gasteiger charge is 2.29. The van der Waals surface area contributed by atoms with Gasteiger partial charge in [-0.25, -0.2) is 9.78 Å². The number of hydrogen-bond acceptors (Lipinski definition) is 6. The summed E-state index contributed by atoms with van der Waals surface area (Å²) in [5.41, 5.74) is 0.417. The lowest BCUT2D eigenvalue weighted by Gasteiger charge is -2.23. The summed E-state index contributed by atoms with van der Waals surface area (Å²) in [7, 11) is 0. The third kappa shape index (κ3) is 3.81. The molecule has 5 nitrogen and oxygen atoms in total. The molecular formula is C15H22N2O3S. The van der Waals surface area contributed by atoms with Crippen LogP contribution in [0.2, 0.25) is 0 Å². The fraction of sp³-hybridized carbons (Fsp3) is 0.667. The van der Waals surface area contributed by atoms with Crippen LogP contribution < -0.4 is 5.32 Å². The van der Waals surface area contributed by atoms with Crippen molar-refractivity contribution in [3.05, 3.63) is 10.6 Å². The normalized spacial score (nSPS) is 16.7. The molecule has 6 heteroatoms. The fourth-order valence-electron chi connectivity index (χ4n) is 2.67. The molecule has 1 N–H and O–H groups in total. The zero-order valence-corrected chi connectivity index (χ0v) is 13.6. The molecule has 1 aromatic rings. The minimum atomic E-state index is -0.529. The lowest BCUT2D eigenvalue weighted by molar-refractivity contribution is 0.0517. The Hall–Kier alpha value is -1.43. The van der Waals surface area contributed by atoms with Gasteiger partial charge in [0.25, 0.3) is 0 Å². The van der Waals surface area contributed by atoms with Crippen molar-refractivity contribution in [3.8, 4) is 0 Å². The third-order valence-corrected chi connectivity index (χ3v) is 5.01. The number of Topliss-reactive ketones (excluding diaryl/α,β-unsaturated/α-hetero) is 1. The number of ether oxygens (including phenoxy) is 1. The Kier molecular flexibility index (Phi) is 4.98. The van der Waals surface area contributed by atoms with Gasteiger partial charge >= 0.3 is 5.97 Å². The standard InChI is InChI=1S/C15H22N2O3S/c1-4-20-13(19)11-12(10(2)18)21-14(17-11)16-9-15(3)7-5-6-8-15/h4-9H2,1-3H3,(H,16,17). The summed E-state index contributed by atoms with van der Waals surface area (Å²) in [5.74, 6) is -0.685. The van der Waals surface area contributed by atoms with Crippen molar-refractivity contribution < 1.29 is 14.3 Å². The van der Waals surface area contributed by atoms with Gasteiger partial charge in [0.2, 0.25) is 0 Å². The molecule has 0 amide bonds. The van der Waals surface area contributed by atoms with E-state index in [2.05, 4.69) is 17.2 Å². The first kappa shape index (κ1) is 15.9. The van der Waals surface area contributed by atoms with E-state index in [1.165, 1.54) is 43.9 Å². The van der Waals surface area contributed by atoms with Gasteiger partial charge in [-0.3, -0.25) is 4.79 Å². The molecule has 0 unspecified atom stereocenters. The summed E-state index contributed by atoms with van der Waals surface area (Å²) >= 11 is 1.23. The highest BCUT2D eigenvalue weighted by atomic mass is 32.1. The monoisotopic (exact) mass is 310 g/mol. The predicted octanol–water partition coefficient (Wildman–Crippen LogP) is 3.51. The van der Waals surface area contributed by atoms with Crippen LogP contribution in [0, 0.1) is 5.41 Å². The van der Waals surface area contributed by atoms with Crippen molar-refractivity contribution >= 4 is 28.2 Å². The van der Waals surface area contributed by atoms with Crippen LogP contribution in [0.5, 0.6) is 0 Å². The number of nitrogens with zero attached hydrogens (tertiary/aromatic N) is 1. The largest absolute Gasteiger partial charge is 0.461 e. The molecular weight excluding hydrogens is 288 g/mol. The quantitative estimate of drug-likeness (QED) is 0.643. The van der Waals surface area contributed by atoms with Crippen LogP contribution in [0.1, 0.15) is 66.6 Å². The lowest BCUT2D eigenvalue weighted by atomic mass is 9.89. The topological polar surface area (TPSA) is 68.3 Å². The van der Waals surface area contributed by atoms with Crippen molar-refractivity contribution in [2.75, 3.05) is 18.5 Å². The molecule has 1 aliphatic rings. The van der Waals surface area contributed by atoms with E-state index in [1.807, 2.05) is 0 Å². The van der Waals surface area contributed by atoms with Gasteiger partial charge < -0.3 is 10.1 Å². The highest BCUT2D eigenvalue weighted by Crippen LogP contribution is 2.38. The Bertz CT molecular complexity index is 533. The molecule has 0 atom stereocenters. The van der Waals surface area contributed by atoms with Gasteiger partial charge in [-0.2, -0.15) is 0 Å². The van der Waals surface area contributed by atoms with Crippen LogP contribution in [-0.2, 0) is 4.74 Å². The number of ketones is 1. The van der Waals surface area contributed by atoms with Gasteiger partial charge in [-0.15, -0.1) is 0 Å². The number of esters is 1. The van der Waals surface area contributed by atoms with Gasteiger partial charge in [-0.1, -0.05) is 31.1 Å². The molecule has 2 rings (SSSR count). The van der Waals surface area contributed by atoms with Crippen molar-refractivity contribution in [2.24, 2.45) is 5.41 Å². The van der Waals surface area contributed by atoms with Gasteiger partial charge in [0.1, 0.15) is 4.88 Å². The average molecular weight is 310 g/mol. The molecule has 0 aromatic carbocycles. The number of anilines is 1. The molecule has 0 bridgehead atoms. The number of rotatable bonds is 6. The minimum absolute atomic E-state index is 0.133. The minimum Gasteiger partial charge on any atom is -0.461 e. The maximum atomic E-state index is 11.8. The molecule has 1 saturated carbocycles. The molecule has 0 spiro atoms. The predicted molar refractivity (Wildman–Crippen MR) is 83.1 cm³/mol. The molecule has 0 aliphatic heterocycles. The van der Waals surface area contributed by atoms with E-state index in [1.54, 1.807) is 6.92 Å². The van der Waals surface area contributed by atoms with Crippen molar-refractivity contribution in [3.63, 3.8) is 0 Å². The van der Waals surface area contributed by atoms with E-state index in [4.69, 9.17) is 4.74 Å². The van der Waals surface area contributed by atoms with Gasteiger partial charge in [0, 0.05) is 13.5 Å². The summed E-state index contributed by atoms with van der Waals surface area (Å²) in [6, 6.07) is 0. The van der Waals surface area contributed by atoms with Crippen LogP contribution in [0.4, 0.5) is 5.13 Å². The maximum Gasteiger partial charge on any atom is 0.358 e. The molecule has 1 heterocycles. The second-order valence-corrected chi connectivity index (χ2v) is 6.84. The molecule has 116 valence electrons.